The average molecular weight is 301 g/mol. The third-order valence-corrected chi connectivity index (χ3v) is 2.84. The van der Waals surface area contributed by atoms with Gasteiger partial charge in [-0.1, -0.05) is 6.92 Å². The maximum atomic E-state index is 13.6. The maximum Gasteiger partial charge on any atom is 0.435 e. The summed E-state index contributed by atoms with van der Waals surface area (Å²) in [7, 11) is 0. The summed E-state index contributed by atoms with van der Waals surface area (Å²) in [5.41, 5.74) is -0.0845. The van der Waals surface area contributed by atoms with Gasteiger partial charge in [0.05, 0.1) is 5.69 Å². The highest BCUT2D eigenvalue weighted by Gasteiger charge is 2.33. The Morgan fingerprint density at radius 1 is 1.24 bits per heavy atom. The van der Waals surface area contributed by atoms with Crippen molar-refractivity contribution >= 4 is 0 Å². The molecule has 0 unspecified atom stereocenters. The summed E-state index contributed by atoms with van der Waals surface area (Å²) in [6.07, 6.45) is -2.40. The minimum Gasteiger partial charge on any atom is -0.313 e. The number of hydrogen-bond donors (Lipinski definition) is 1. The zero-order chi connectivity index (χ0) is 15.5. The van der Waals surface area contributed by atoms with Crippen LogP contribution in [0.4, 0.5) is 17.6 Å². The summed E-state index contributed by atoms with van der Waals surface area (Å²) in [6, 6.07) is 4.97. The number of halogens is 4. The molecular formula is C14H15F4N3. The Bertz CT molecular complexity index is 605. The van der Waals surface area contributed by atoms with Crippen LogP contribution < -0.4 is 5.32 Å². The number of aromatic nitrogens is 2. The van der Waals surface area contributed by atoms with E-state index in [-0.39, 0.29) is 5.69 Å². The standard InChI is InChI=1S/C14H15F4N3/c1-2-4-19-9-10-6-11(15)8-12(7-10)21-5-3-13(20-21)14(16,17)18/h3,5-8,19H,2,4,9H2,1H3. The van der Waals surface area contributed by atoms with Crippen LogP contribution in [0.3, 0.4) is 0 Å². The van der Waals surface area contributed by atoms with Gasteiger partial charge in [-0.3, -0.25) is 0 Å². The molecule has 0 atom stereocenters. The van der Waals surface area contributed by atoms with E-state index in [9.17, 15) is 17.6 Å². The first-order chi connectivity index (χ1) is 9.90. The second-order valence-electron chi connectivity index (χ2n) is 4.64. The van der Waals surface area contributed by atoms with Crippen LogP contribution in [0.15, 0.2) is 30.5 Å². The van der Waals surface area contributed by atoms with Crippen molar-refractivity contribution in [2.45, 2.75) is 26.1 Å². The monoisotopic (exact) mass is 301 g/mol. The lowest BCUT2D eigenvalue weighted by Gasteiger charge is -2.08. The minimum absolute atomic E-state index is 0.263. The quantitative estimate of drug-likeness (QED) is 0.676. The van der Waals surface area contributed by atoms with E-state index in [4.69, 9.17) is 0 Å². The van der Waals surface area contributed by atoms with Gasteiger partial charge in [-0.2, -0.15) is 18.3 Å². The molecule has 0 spiro atoms. The summed E-state index contributed by atoms with van der Waals surface area (Å²) in [4.78, 5) is 0. The Balaban J connectivity index is 2.25. The SMILES string of the molecule is CCCNCc1cc(F)cc(-n2ccc(C(F)(F)F)n2)c1. The summed E-state index contributed by atoms with van der Waals surface area (Å²) in [5, 5.41) is 6.55. The topological polar surface area (TPSA) is 29.9 Å². The van der Waals surface area contributed by atoms with Crippen LogP contribution in [0.5, 0.6) is 0 Å². The molecule has 1 aromatic heterocycles. The molecule has 2 aromatic rings. The summed E-state index contributed by atoms with van der Waals surface area (Å²) in [5.74, 6) is -0.509. The Hall–Kier alpha value is -1.89. The molecule has 0 aliphatic rings. The molecule has 1 heterocycles. The van der Waals surface area contributed by atoms with Gasteiger partial charge in [-0.05, 0) is 42.8 Å². The van der Waals surface area contributed by atoms with Gasteiger partial charge in [0.2, 0.25) is 0 Å². The molecule has 21 heavy (non-hydrogen) atoms. The summed E-state index contributed by atoms with van der Waals surface area (Å²) in [6.45, 7) is 3.24. The van der Waals surface area contributed by atoms with E-state index in [0.29, 0.717) is 12.1 Å². The molecule has 0 fully saturated rings. The lowest BCUT2D eigenvalue weighted by atomic mass is 10.2. The van der Waals surface area contributed by atoms with Crippen molar-refractivity contribution in [2.75, 3.05) is 6.54 Å². The zero-order valence-electron chi connectivity index (χ0n) is 11.4. The van der Waals surface area contributed by atoms with Gasteiger partial charge >= 0.3 is 6.18 Å². The molecule has 0 bridgehead atoms. The van der Waals surface area contributed by atoms with E-state index < -0.39 is 17.7 Å². The summed E-state index contributed by atoms with van der Waals surface area (Å²) < 4.78 is 52.2. The average Bonchev–Trinajstić information content (AvgIpc) is 2.88. The van der Waals surface area contributed by atoms with Gasteiger partial charge in [0.15, 0.2) is 5.69 Å². The maximum absolute atomic E-state index is 13.6. The smallest absolute Gasteiger partial charge is 0.313 e. The number of nitrogens with zero attached hydrogens (tertiary/aromatic N) is 2. The molecule has 114 valence electrons. The first-order valence-corrected chi connectivity index (χ1v) is 6.53. The van der Waals surface area contributed by atoms with Crippen molar-refractivity contribution in [1.82, 2.24) is 15.1 Å². The van der Waals surface area contributed by atoms with Crippen LogP contribution in [-0.4, -0.2) is 16.3 Å². The van der Waals surface area contributed by atoms with E-state index in [1.165, 1.54) is 12.3 Å². The molecule has 7 heteroatoms. The van der Waals surface area contributed by atoms with E-state index in [0.717, 1.165) is 29.8 Å². The number of alkyl halides is 3. The van der Waals surface area contributed by atoms with Crippen molar-refractivity contribution in [2.24, 2.45) is 0 Å². The summed E-state index contributed by atoms with van der Waals surface area (Å²) >= 11 is 0. The molecule has 0 radical (unpaired) electrons. The van der Waals surface area contributed by atoms with Crippen LogP contribution in [0.25, 0.3) is 5.69 Å². The first-order valence-electron chi connectivity index (χ1n) is 6.53. The highest BCUT2D eigenvalue weighted by atomic mass is 19.4. The number of hydrogen-bond acceptors (Lipinski definition) is 2. The highest BCUT2D eigenvalue weighted by molar-refractivity contribution is 5.36. The predicted octanol–water partition coefficient (Wildman–Crippen LogP) is 3.53. The van der Waals surface area contributed by atoms with Crippen molar-refractivity contribution in [3.05, 3.63) is 47.5 Å². The highest BCUT2D eigenvalue weighted by Crippen LogP contribution is 2.28. The van der Waals surface area contributed by atoms with Gasteiger partial charge in [0.25, 0.3) is 0 Å². The van der Waals surface area contributed by atoms with Crippen LogP contribution in [0.1, 0.15) is 24.6 Å². The molecule has 2 rings (SSSR count). The van der Waals surface area contributed by atoms with Gasteiger partial charge in [-0.25, -0.2) is 9.07 Å². The molecule has 1 aromatic carbocycles. The molecule has 3 nitrogen and oxygen atoms in total. The fourth-order valence-electron chi connectivity index (χ4n) is 1.90. The van der Waals surface area contributed by atoms with E-state index in [1.54, 1.807) is 6.07 Å². The lowest BCUT2D eigenvalue weighted by Crippen LogP contribution is -2.14. The number of rotatable bonds is 5. The Morgan fingerprint density at radius 3 is 2.62 bits per heavy atom. The Morgan fingerprint density at radius 2 is 2.00 bits per heavy atom. The first kappa shape index (κ1) is 15.5. The number of benzene rings is 1. The third-order valence-electron chi connectivity index (χ3n) is 2.84. The molecular weight excluding hydrogens is 286 g/mol. The molecule has 0 aliphatic carbocycles. The van der Waals surface area contributed by atoms with Crippen LogP contribution in [-0.2, 0) is 12.7 Å². The lowest BCUT2D eigenvalue weighted by molar-refractivity contribution is -0.141. The van der Waals surface area contributed by atoms with Crippen LogP contribution in [0.2, 0.25) is 0 Å². The van der Waals surface area contributed by atoms with Crippen molar-refractivity contribution in [3.8, 4) is 5.69 Å². The second kappa shape index (κ2) is 6.26. The van der Waals surface area contributed by atoms with Crippen molar-refractivity contribution in [1.29, 1.82) is 0 Å². The van der Waals surface area contributed by atoms with Gasteiger partial charge < -0.3 is 5.32 Å². The van der Waals surface area contributed by atoms with Gasteiger partial charge in [0.1, 0.15) is 5.82 Å². The normalized spacial score (nSPS) is 11.9. The van der Waals surface area contributed by atoms with Crippen molar-refractivity contribution < 1.29 is 17.6 Å². The van der Waals surface area contributed by atoms with Crippen LogP contribution in [0, 0.1) is 5.82 Å². The predicted molar refractivity (Wildman–Crippen MR) is 70.5 cm³/mol. The second-order valence-corrected chi connectivity index (χ2v) is 4.64. The molecule has 0 amide bonds. The largest absolute Gasteiger partial charge is 0.435 e. The molecule has 0 saturated carbocycles. The van der Waals surface area contributed by atoms with E-state index >= 15 is 0 Å². The fourth-order valence-corrected chi connectivity index (χ4v) is 1.90. The molecule has 1 N–H and O–H groups in total. The Labute approximate surface area is 119 Å². The van der Waals surface area contributed by atoms with Crippen molar-refractivity contribution in [3.63, 3.8) is 0 Å². The van der Waals surface area contributed by atoms with E-state index in [2.05, 4.69) is 10.4 Å². The fraction of sp³-hybridized carbons (Fsp3) is 0.357. The Kier molecular flexibility index (Phi) is 4.62. The molecule has 0 saturated heterocycles. The van der Waals surface area contributed by atoms with Crippen LogP contribution >= 0.6 is 0 Å². The van der Waals surface area contributed by atoms with Gasteiger partial charge in [0, 0.05) is 12.7 Å². The van der Waals surface area contributed by atoms with E-state index in [1.807, 2.05) is 6.92 Å². The zero-order valence-corrected chi connectivity index (χ0v) is 11.4. The molecule has 0 aliphatic heterocycles. The number of nitrogens with one attached hydrogen (secondary N) is 1. The minimum atomic E-state index is -4.51. The van der Waals surface area contributed by atoms with Gasteiger partial charge in [-0.15, -0.1) is 0 Å². The third kappa shape index (κ3) is 4.04.